The first-order valence-corrected chi connectivity index (χ1v) is 5.39. The van der Waals surface area contributed by atoms with Crippen molar-refractivity contribution < 1.29 is 4.79 Å². The Bertz CT molecular complexity index is 129. The molecule has 0 aliphatic rings. The first kappa shape index (κ1) is 15.8. The molecule has 0 heterocycles. The summed E-state index contributed by atoms with van der Waals surface area (Å²) in [5.41, 5.74) is 10.5. The van der Waals surface area contributed by atoms with E-state index in [1.165, 1.54) is 0 Å². The Labute approximate surface area is 87.4 Å². The summed E-state index contributed by atoms with van der Waals surface area (Å²) in [6.07, 6.45) is 3.91. The SMILES string of the molecule is CC.CNC(CCCCCN)C(N)=O. The highest BCUT2D eigenvalue weighted by Crippen LogP contribution is 2.02. The predicted octanol–water partition coefficient (Wildman–Crippen LogP) is 0.605. The average molecular weight is 203 g/mol. The Morgan fingerprint density at radius 1 is 1.29 bits per heavy atom. The molecule has 4 heteroatoms. The van der Waals surface area contributed by atoms with Crippen LogP contribution in [0.3, 0.4) is 0 Å². The van der Waals surface area contributed by atoms with Crippen LogP contribution in [0.1, 0.15) is 39.5 Å². The van der Waals surface area contributed by atoms with E-state index in [4.69, 9.17) is 11.5 Å². The van der Waals surface area contributed by atoms with Crippen LogP contribution in [0.4, 0.5) is 0 Å². The molecule has 0 aromatic heterocycles. The molecule has 0 fully saturated rings. The van der Waals surface area contributed by atoms with Crippen LogP contribution in [0.25, 0.3) is 0 Å². The number of amides is 1. The Kier molecular flexibility index (Phi) is 14.0. The summed E-state index contributed by atoms with van der Waals surface area (Å²) in [6, 6.07) is -0.178. The van der Waals surface area contributed by atoms with E-state index in [1.807, 2.05) is 13.8 Å². The Morgan fingerprint density at radius 2 is 1.86 bits per heavy atom. The standard InChI is InChI=1S/C8H19N3O.C2H6/c1-11-7(8(10)12)5-3-2-4-6-9;1-2/h7,11H,2-6,9H2,1H3,(H2,10,12);1-2H3. The molecule has 0 saturated heterocycles. The molecule has 14 heavy (non-hydrogen) atoms. The number of nitrogens with two attached hydrogens (primary N) is 2. The molecule has 0 aromatic rings. The monoisotopic (exact) mass is 203 g/mol. The molecular formula is C10H25N3O. The zero-order chi connectivity index (χ0) is 11.4. The van der Waals surface area contributed by atoms with Crippen LogP contribution < -0.4 is 16.8 Å². The highest BCUT2D eigenvalue weighted by molar-refractivity contribution is 5.79. The van der Waals surface area contributed by atoms with Gasteiger partial charge in [0.15, 0.2) is 0 Å². The van der Waals surface area contributed by atoms with Gasteiger partial charge in [-0.25, -0.2) is 0 Å². The van der Waals surface area contributed by atoms with Crippen molar-refractivity contribution in [1.82, 2.24) is 5.32 Å². The van der Waals surface area contributed by atoms with E-state index in [9.17, 15) is 4.79 Å². The third kappa shape index (κ3) is 9.48. The average Bonchev–Trinajstić information content (AvgIpc) is 2.20. The maximum atomic E-state index is 10.7. The number of hydrogen-bond acceptors (Lipinski definition) is 3. The largest absolute Gasteiger partial charge is 0.368 e. The second kappa shape index (κ2) is 12.4. The number of unbranched alkanes of at least 4 members (excludes halogenated alkanes) is 2. The van der Waals surface area contributed by atoms with Gasteiger partial charge in [0.2, 0.25) is 5.91 Å². The lowest BCUT2D eigenvalue weighted by molar-refractivity contribution is -0.120. The van der Waals surface area contributed by atoms with E-state index in [1.54, 1.807) is 7.05 Å². The molecule has 5 N–H and O–H groups in total. The van der Waals surface area contributed by atoms with Crippen molar-refractivity contribution in [3.05, 3.63) is 0 Å². The Hall–Kier alpha value is -0.610. The van der Waals surface area contributed by atoms with E-state index in [0.717, 1.165) is 32.2 Å². The molecule has 1 atom stereocenters. The molecule has 86 valence electrons. The van der Waals surface area contributed by atoms with Crippen LogP contribution in [0, 0.1) is 0 Å². The minimum Gasteiger partial charge on any atom is -0.368 e. The van der Waals surface area contributed by atoms with E-state index < -0.39 is 0 Å². The van der Waals surface area contributed by atoms with Crippen molar-refractivity contribution in [2.75, 3.05) is 13.6 Å². The third-order valence-corrected chi connectivity index (χ3v) is 1.89. The van der Waals surface area contributed by atoms with Gasteiger partial charge in [-0.2, -0.15) is 0 Å². The molecule has 4 nitrogen and oxygen atoms in total. The number of rotatable bonds is 7. The number of carbonyl (C=O) groups excluding carboxylic acids is 1. The van der Waals surface area contributed by atoms with Gasteiger partial charge in [0.1, 0.15) is 0 Å². The topological polar surface area (TPSA) is 81.1 Å². The van der Waals surface area contributed by atoms with Crippen molar-refractivity contribution in [2.24, 2.45) is 11.5 Å². The molecule has 0 rings (SSSR count). The quantitative estimate of drug-likeness (QED) is 0.530. The van der Waals surface area contributed by atoms with Gasteiger partial charge in [-0.05, 0) is 26.4 Å². The lowest BCUT2D eigenvalue weighted by Crippen LogP contribution is -2.38. The summed E-state index contributed by atoms with van der Waals surface area (Å²) >= 11 is 0. The molecule has 0 aliphatic heterocycles. The first-order chi connectivity index (χ1) is 6.72. The smallest absolute Gasteiger partial charge is 0.234 e. The van der Waals surface area contributed by atoms with Crippen molar-refractivity contribution in [3.63, 3.8) is 0 Å². The van der Waals surface area contributed by atoms with E-state index in [2.05, 4.69) is 5.32 Å². The van der Waals surface area contributed by atoms with Gasteiger partial charge in [-0.15, -0.1) is 0 Å². The van der Waals surface area contributed by atoms with Gasteiger partial charge in [0, 0.05) is 0 Å². The number of likely N-dealkylation sites (N-methyl/N-ethyl adjacent to an activating group) is 1. The molecule has 0 saturated carbocycles. The third-order valence-electron chi connectivity index (χ3n) is 1.89. The highest BCUT2D eigenvalue weighted by Gasteiger charge is 2.10. The number of nitrogens with one attached hydrogen (secondary N) is 1. The second-order valence-corrected chi connectivity index (χ2v) is 2.88. The lowest BCUT2D eigenvalue weighted by atomic mass is 10.1. The van der Waals surface area contributed by atoms with Crippen molar-refractivity contribution in [3.8, 4) is 0 Å². The molecular weight excluding hydrogens is 178 g/mol. The summed E-state index contributed by atoms with van der Waals surface area (Å²) < 4.78 is 0. The molecule has 1 amide bonds. The molecule has 0 radical (unpaired) electrons. The van der Waals surface area contributed by atoms with E-state index in [-0.39, 0.29) is 11.9 Å². The van der Waals surface area contributed by atoms with Crippen molar-refractivity contribution in [1.29, 1.82) is 0 Å². The van der Waals surface area contributed by atoms with Gasteiger partial charge in [0.25, 0.3) is 0 Å². The van der Waals surface area contributed by atoms with Gasteiger partial charge in [-0.3, -0.25) is 4.79 Å². The zero-order valence-electron chi connectivity index (χ0n) is 9.68. The predicted molar refractivity (Wildman–Crippen MR) is 60.9 cm³/mol. The van der Waals surface area contributed by atoms with Crippen LogP contribution in [-0.2, 0) is 4.79 Å². The fourth-order valence-electron chi connectivity index (χ4n) is 1.10. The molecule has 0 aliphatic carbocycles. The Morgan fingerprint density at radius 3 is 2.21 bits per heavy atom. The Balaban J connectivity index is 0. The van der Waals surface area contributed by atoms with Gasteiger partial charge >= 0.3 is 0 Å². The van der Waals surface area contributed by atoms with Crippen LogP contribution in [0.15, 0.2) is 0 Å². The lowest BCUT2D eigenvalue weighted by Gasteiger charge is -2.10. The molecule has 1 unspecified atom stereocenters. The first-order valence-electron chi connectivity index (χ1n) is 5.39. The van der Waals surface area contributed by atoms with Gasteiger partial charge in [-0.1, -0.05) is 26.7 Å². The fraction of sp³-hybridized carbons (Fsp3) is 0.900. The summed E-state index contributed by atoms with van der Waals surface area (Å²) in [7, 11) is 1.75. The number of primary amides is 1. The summed E-state index contributed by atoms with van der Waals surface area (Å²) in [5, 5.41) is 2.87. The van der Waals surface area contributed by atoms with Crippen LogP contribution in [0.2, 0.25) is 0 Å². The van der Waals surface area contributed by atoms with Gasteiger partial charge < -0.3 is 16.8 Å². The molecule has 0 spiro atoms. The van der Waals surface area contributed by atoms with Crippen molar-refractivity contribution in [2.45, 2.75) is 45.6 Å². The van der Waals surface area contributed by atoms with Crippen molar-refractivity contribution >= 4 is 5.91 Å². The molecule has 0 bridgehead atoms. The highest BCUT2D eigenvalue weighted by atomic mass is 16.1. The van der Waals surface area contributed by atoms with Crippen LogP contribution in [0.5, 0.6) is 0 Å². The minimum atomic E-state index is -0.273. The second-order valence-electron chi connectivity index (χ2n) is 2.88. The zero-order valence-corrected chi connectivity index (χ0v) is 9.68. The number of hydrogen-bond donors (Lipinski definition) is 3. The van der Waals surface area contributed by atoms with E-state index in [0.29, 0.717) is 0 Å². The fourth-order valence-corrected chi connectivity index (χ4v) is 1.10. The van der Waals surface area contributed by atoms with E-state index >= 15 is 0 Å². The summed E-state index contributed by atoms with van der Waals surface area (Å²) in [6.45, 7) is 4.72. The normalized spacial score (nSPS) is 11.4. The van der Waals surface area contributed by atoms with Crippen LogP contribution >= 0.6 is 0 Å². The minimum absolute atomic E-state index is 0.178. The maximum Gasteiger partial charge on any atom is 0.234 e. The van der Waals surface area contributed by atoms with Gasteiger partial charge in [0.05, 0.1) is 6.04 Å². The van der Waals surface area contributed by atoms with Crippen LogP contribution in [-0.4, -0.2) is 25.5 Å². The summed E-state index contributed by atoms with van der Waals surface area (Å²) in [4.78, 5) is 10.7. The molecule has 0 aromatic carbocycles. The number of carbonyl (C=O) groups is 1. The summed E-state index contributed by atoms with van der Waals surface area (Å²) in [5.74, 6) is -0.273. The maximum absolute atomic E-state index is 10.7.